The Morgan fingerprint density at radius 2 is 2.38 bits per heavy atom. The quantitative estimate of drug-likeness (QED) is 0.810. The highest BCUT2D eigenvalue weighted by molar-refractivity contribution is 5.85. The van der Waals surface area contributed by atoms with E-state index in [1.54, 1.807) is 0 Å². The van der Waals surface area contributed by atoms with Crippen LogP contribution < -0.4 is 4.90 Å². The Balaban J connectivity index is 2.14. The first-order valence-electron chi connectivity index (χ1n) is 5.06. The van der Waals surface area contributed by atoms with Gasteiger partial charge in [0.2, 0.25) is 0 Å². The number of carbonyl (C=O) groups is 1. The highest BCUT2D eigenvalue weighted by Crippen LogP contribution is 2.22. The molecule has 1 aromatic rings. The van der Waals surface area contributed by atoms with Crippen molar-refractivity contribution in [2.75, 3.05) is 24.6 Å². The third-order valence-corrected chi connectivity index (χ3v) is 2.41. The fraction of sp³-hybridized carbons (Fsp3) is 0.600. The molecular formula is C10H14N2O4. The summed E-state index contributed by atoms with van der Waals surface area (Å²) < 4.78 is 10.7. The van der Waals surface area contributed by atoms with Gasteiger partial charge in [-0.05, 0) is 13.8 Å². The third kappa shape index (κ3) is 2.16. The van der Waals surface area contributed by atoms with Crippen LogP contribution >= 0.6 is 0 Å². The van der Waals surface area contributed by atoms with Crippen molar-refractivity contribution < 1.29 is 19.1 Å². The molecule has 0 aromatic carbocycles. The lowest BCUT2D eigenvalue weighted by Crippen LogP contribution is -2.48. The van der Waals surface area contributed by atoms with E-state index in [0.29, 0.717) is 25.7 Å². The molecule has 1 fully saturated rings. The van der Waals surface area contributed by atoms with Gasteiger partial charge in [-0.25, -0.2) is 4.79 Å². The number of morpholine rings is 1. The van der Waals surface area contributed by atoms with Crippen molar-refractivity contribution in [1.29, 1.82) is 0 Å². The zero-order valence-corrected chi connectivity index (χ0v) is 9.27. The van der Waals surface area contributed by atoms with Crippen LogP contribution in [-0.2, 0) is 4.74 Å². The molecule has 2 heterocycles. The average Bonchev–Trinajstić information content (AvgIpc) is 2.64. The molecule has 88 valence electrons. The molecule has 0 amide bonds. The number of aromatic carboxylic acids is 1. The molecule has 0 saturated carbocycles. The Bertz CT molecular complexity index is 399. The number of hydrogen-bond acceptors (Lipinski definition) is 5. The average molecular weight is 226 g/mol. The minimum Gasteiger partial charge on any atom is -0.476 e. The highest BCUT2D eigenvalue weighted by Gasteiger charge is 2.29. The standard InChI is InChI=1S/C10H14N2O4/c1-10(2)6-12(3-4-16-10)9-11-7(5-15-9)8(13)14/h5H,3-4,6H2,1-2H3,(H,13,14). The first-order chi connectivity index (χ1) is 7.48. The minimum absolute atomic E-state index is 0.0701. The predicted octanol–water partition coefficient (Wildman–Crippen LogP) is 0.988. The third-order valence-electron chi connectivity index (χ3n) is 2.41. The van der Waals surface area contributed by atoms with Crippen molar-refractivity contribution in [3.63, 3.8) is 0 Å². The van der Waals surface area contributed by atoms with Crippen LogP contribution in [0.25, 0.3) is 0 Å². The van der Waals surface area contributed by atoms with Gasteiger partial charge >= 0.3 is 5.97 Å². The van der Waals surface area contributed by atoms with Gasteiger partial charge in [-0.1, -0.05) is 0 Å². The number of carboxylic acid groups (broad SMARTS) is 1. The van der Waals surface area contributed by atoms with Crippen molar-refractivity contribution >= 4 is 12.0 Å². The number of hydrogen-bond donors (Lipinski definition) is 1. The molecule has 0 unspecified atom stereocenters. The number of ether oxygens (including phenoxy) is 1. The van der Waals surface area contributed by atoms with Crippen molar-refractivity contribution in [3.8, 4) is 0 Å². The first kappa shape index (κ1) is 10.9. The summed E-state index contributed by atoms with van der Waals surface area (Å²) in [5, 5.41) is 8.73. The molecule has 1 aliphatic heterocycles. The number of nitrogens with zero attached hydrogens (tertiary/aromatic N) is 2. The lowest BCUT2D eigenvalue weighted by Gasteiger charge is -2.37. The number of rotatable bonds is 2. The molecule has 2 rings (SSSR count). The van der Waals surface area contributed by atoms with Crippen LogP contribution in [0.4, 0.5) is 6.01 Å². The van der Waals surface area contributed by atoms with Gasteiger partial charge in [-0.2, -0.15) is 4.98 Å². The summed E-state index contributed by atoms with van der Waals surface area (Å²) in [6.45, 7) is 5.81. The van der Waals surface area contributed by atoms with Crippen molar-refractivity contribution in [2.45, 2.75) is 19.4 Å². The van der Waals surface area contributed by atoms with Crippen LogP contribution in [0.3, 0.4) is 0 Å². The van der Waals surface area contributed by atoms with E-state index in [4.69, 9.17) is 14.3 Å². The van der Waals surface area contributed by atoms with E-state index in [-0.39, 0.29) is 11.3 Å². The molecule has 6 nitrogen and oxygen atoms in total. The SMILES string of the molecule is CC1(C)CN(c2nc(C(=O)O)co2)CCO1. The van der Waals surface area contributed by atoms with E-state index in [2.05, 4.69) is 4.98 Å². The second-order valence-corrected chi connectivity index (χ2v) is 4.35. The fourth-order valence-corrected chi connectivity index (χ4v) is 1.69. The smallest absolute Gasteiger partial charge is 0.357 e. The van der Waals surface area contributed by atoms with Crippen LogP contribution in [0, 0.1) is 0 Å². The molecule has 0 radical (unpaired) electrons. The van der Waals surface area contributed by atoms with Gasteiger partial charge in [-0.3, -0.25) is 0 Å². The maximum Gasteiger partial charge on any atom is 0.357 e. The van der Waals surface area contributed by atoms with Gasteiger partial charge < -0.3 is 19.2 Å². The Kier molecular flexibility index (Phi) is 2.59. The molecule has 6 heteroatoms. The van der Waals surface area contributed by atoms with E-state index in [1.165, 1.54) is 0 Å². The molecular weight excluding hydrogens is 212 g/mol. The summed E-state index contributed by atoms with van der Waals surface area (Å²) in [7, 11) is 0. The number of oxazole rings is 1. The number of anilines is 1. The van der Waals surface area contributed by atoms with Gasteiger partial charge in [0.25, 0.3) is 6.01 Å². The van der Waals surface area contributed by atoms with Gasteiger partial charge in [0, 0.05) is 6.54 Å². The Labute approximate surface area is 92.8 Å². The Morgan fingerprint density at radius 3 is 2.94 bits per heavy atom. The summed E-state index contributed by atoms with van der Waals surface area (Å²) in [4.78, 5) is 16.4. The molecule has 1 saturated heterocycles. The van der Waals surface area contributed by atoms with Crippen molar-refractivity contribution in [3.05, 3.63) is 12.0 Å². The molecule has 1 N–H and O–H groups in total. The second-order valence-electron chi connectivity index (χ2n) is 4.35. The van der Waals surface area contributed by atoms with Crippen molar-refractivity contribution in [2.24, 2.45) is 0 Å². The van der Waals surface area contributed by atoms with E-state index in [9.17, 15) is 4.79 Å². The van der Waals surface area contributed by atoms with Crippen LogP contribution in [0.15, 0.2) is 10.7 Å². The molecule has 16 heavy (non-hydrogen) atoms. The zero-order valence-electron chi connectivity index (χ0n) is 9.27. The number of carboxylic acids is 1. The van der Waals surface area contributed by atoms with Crippen molar-refractivity contribution in [1.82, 2.24) is 4.98 Å². The topological polar surface area (TPSA) is 75.8 Å². The largest absolute Gasteiger partial charge is 0.476 e. The summed E-state index contributed by atoms with van der Waals surface area (Å²) in [6.07, 6.45) is 1.15. The summed E-state index contributed by atoms with van der Waals surface area (Å²) in [6, 6.07) is 0.341. The zero-order chi connectivity index (χ0) is 11.8. The monoisotopic (exact) mass is 226 g/mol. The fourth-order valence-electron chi connectivity index (χ4n) is 1.69. The van der Waals surface area contributed by atoms with E-state index >= 15 is 0 Å². The van der Waals surface area contributed by atoms with Gasteiger partial charge in [0.05, 0.1) is 18.8 Å². The summed E-state index contributed by atoms with van der Waals surface area (Å²) >= 11 is 0. The summed E-state index contributed by atoms with van der Waals surface area (Å²) in [5.74, 6) is -1.08. The Morgan fingerprint density at radius 1 is 1.62 bits per heavy atom. The molecule has 0 aliphatic carbocycles. The number of aromatic nitrogens is 1. The van der Waals surface area contributed by atoms with Crippen LogP contribution in [0.5, 0.6) is 0 Å². The minimum atomic E-state index is -1.08. The highest BCUT2D eigenvalue weighted by atomic mass is 16.5. The maximum atomic E-state index is 10.7. The lowest BCUT2D eigenvalue weighted by molar-refractivity contribution is -0.0290. The molecule has 0 atom stereocenters. The van der Waals surface area contributed by atoms with Gasteiger partial charge in [0.15, 0.2) is 5.69 Å². The van der Waals surface area contributed by atoms with Gasteiger partial charge in [0.1, 0.15) is 6.26 Å². The van der Waals surface area contributed by atoms with Crippen LogP contribution in [0.1, 0.15) is 24.3 Å². The Hall–Kier alpha value is -1.56. The molecule has 0 spiro atoms. The van der Waals surface area contributed by atoms with Crippen LogP contribution in [0.2, 0.25) is 0 Å². The predicted molar refractivity (Wildman–Crippen MR) is 55.7 cm³/mol. The molecule has 1 aliphatic rings. The van der Waals surface area contributed by atoms with Crippen LogP contribution in [-0.4, -0.2) is 41.4 Å². The van der Waals surface area contributed by atoms with E-state index in [0.717, 1.165) is 6.26 Å². The van der Waals surface area contributed by atoms with Gasteiger partial charge in [-0.15, -0.1) is 0 Å². The molecule has 1 aromatic heterocycles. The maximum absolute atomic E-state index is 10.7. The van der Waals surface area contributed by atoms with E-state index < -0.39 is 5.97 Å². The van der Waals surface area contributed by atoms with E-state index in [1.807, 2.05) is 18.7 Å². The normalized spacial score (nSPS) is 19.8. The lowest BCUT2D eigenvalue weighted by atomic mass is 10.1. The second kappa shape index (κ2) is 3.79. The summed E-state index contributed by atoms with van der Waals surface area (Å²) in [5.41, 5.74) is -0.338. The molecule has 0 bridgehead atoms. The first-order valence-corrected chi connectivity index (χ1v) is 5.06.